The number of hydrogen-bond acceptors (Lipinski definition) is 8. The van der Waals surface area contributed by atoms with Gasteiger partial charge in [-0.25, -0.2) is 0 Å². The zero-order valence-electron chi connectivity index (χ0n) is 60.7. The smallest absolute Gasteiger partial charge is 0.122 e. The maximum absolute atomic E-state index is 12.7. The van der Waals surface area contributed by atoms with Crippen LogP contribution < -0.4 is 0 Å². The van der Waals surface area contributed by atoms with Crippen molar-refractivity contribution in [2.24, 2.45) is 47.3 Å². The lowest BCUT2D eigenvalue weighted by Gasteiger charge is -2.21. The average molecular weight is 1300 g/mol. The highest BCUT2D eigenvalue weighted by atomic mass is 16.3. The van der Waals surface area contributed by atoms with E-state index in [2.05, 4.69) is 208 Å². The van der Waals surface area contributed by atoms with Gasteiger partial charge >= 0.3 is 0 Å². The van der Waals surface area contributed by atoms with Gasteiger partial charge in [-0.1, -0.05) is 208 Å². The molecule has 0 amide bonds. The van der Waals surface area contributed by atoms with E-state index in [4.69, 9.17) is 0 Å². The standard InChI is InChI=1S/C88H112O8/c1-49(2)17-57-25-65-41-67-27-58(18-50(3)4)29-69(82(67)90)43-71-31-60(20-52(7)8)33-73(84(71)92)45-75-35-62(22-54(11)12)37-77(86(75)94)47-79-39-64(24-56(15)16)40-80(88(79)96)48-78-38-63(23-55(13)14)36-76(87(78)95)46-74-34-61(21-53(9)10)32-72(85(74)93)44-70-30-59(19-51(5)6)28-68(83(70)91)42-66(26-57)81(65)89/h25-40,49-56,89-96H,17-24,41-48H2,1-16H3. The third kappa shape index (κ3) is 18.4. The van der Waals surface area contributed by atoms with Crippen LogP contribution in [0.3, 0.4) is 0 Å². The molecule has 0 heterocycles. The first kappa shape index (κ1) is 72.4. The fourth-order valence-electron chi connectivity index (χ4n) is 15.2. The molecule has 0 spiro atoms. The summed E-state index contributed by atoms with van der Waals surface area (Å²) < 4.78 is 0. The highest BCUT2D eigenvalue weighted by molar-refractivity contribution is 5.60. The summed E-state index contributed by atoms with van der Waals surface area (Å²) in [6, 6.07) is 33.1. The topological polar surface area (TPSA) is 162 Å². The molecule has 1 aliphatic rings. The first-order valence-corrected chi connectivity index (χ1v) is 36.0. The number of rotatable bonds is 16. The largest absolute Gasteiger partial charge is 0.507 e. The van der Waals surface area contributed by atoms with Crippen LogP contribution >= 0.6 is 0 Å². The van der Waals surface area contributed by atoms with Gasteiger partial charge in [-0.3, -0.25) is 0 Å². The highest BCUT2D eigenvalue weighted by Gasteiger charge is 2.26. The summed E-state index contributed by atoms with van der Waals surface area (Å²) in [5.41, 5.74) is 19.1. The summed E-state index contributed by atoms with van der Waals surface area (Å²) in [7, 11) is 0. The Labute approximate surface area is 575 Å². The second-order valence-corrected chi connectivity index (χ2v) is 32.3. The number of hydrogen-bond donors (Lipinski definition) is 8. The minimum absolute atomic E-state index is 0.111. The van der Waals surface area contributed by atoms with E-state index < -0.39 is 0 Å². The summed E-state index contributed by atoms with van der Waals surface area (Å²) in [5, 5.41) is 102. The van der Waals surface area contributed by atoms with Gasteiger partial charge in [0.1, 0.15) is 46.0 Å². The van der Waals surface area contributed by atoms with Crippen LogP contribution in [-0.4, -0.2) is 40.9 Å². The van der Waals surface area contributed by atoms with Crippen molar-refractivity contribution in [3.63, 3.8) is 0 Å². The van der Waals surface area contributed by atoms with E-state index in [0.717, 1.165) is 95.9 Å². The number of aromatic hydroxyl groups is 8. The van der Waals surface area contributed by atoms with Crippen molar-refractivity contribution in [1.82, 2.24) is 0 Å². The van der Waals surface area contributed by atoms with Crippen molar-refractivity contribution in [3.05, 3.63) is 231 Å². The molecule has 0 aromatic heterocycles. The van der Waals surface area contributed by atoms with E-state index >= 15 is 0 Å². The van der Waals surface area contributed by atoms with Gasteiger partial charge in [-0.15, -0.1) is 0 Å². The predicted molar refractivity (Wildman–Crippen MR) is 396 cm³/mol. The Kier molecular flexibility index (Phi) is 23.5. The molecule has 8 aromatic carbocycles. The summed E-state index contributed by atoms with van der Waals surface area (Å²) in [4.78, 5) is 0. The van der Waals surface area contributed by atoms with E-state index in [-0.39, 0.29) is 97.4 Å². The molecule has 0 radical (unpaired) electrons. The Morgan fingerprint density at radius 1 is 0.167 bits per heavy atom. The fourth-order valence-corrected chi connectivity index (χ4v) is 15.2. The third-order valence-electron chi connectivity index (χ3n) is 18.8. The van der Waals surface area contributed by atoms with Gasteiger partial charge in [-0.2, -0.15) is 0 Å². The molecule has 1 aliphatic carbocycles. The Morgan fingerprint density at radius 3 is 0.302 bits per heavy atom. The van der Waals surface area contributed by atoms with Crippen molar-refractivity contribution in [3.8, 4) is 46.0 Å². The quantitative estimate of drug-likeness (QED) is 0.0474. The molecular weight excluding hydrogens is 1180 g/mol. The van der Waals surface area contributed by atoms with E-state index in [9.17, 15) is 40.9 Å². The van der Waals surface area contributed by atoms with Crippen molar-refractivity contribution in [2.75, 3.05) is 0 Å². The SMILES string of the molecule is CC(C)Cc1cc2c(O)c(c1)Cc1cc(CC(C)C)cc(c1O)Cc1cc(CC(C)C)cc(c1O)Cc1cc(CC(C)C)cc(c1O)Cc1cc(CC(C)C)cc(c1O)Cc1cc(CC(C)C)cc(c1O)Cc1cc(CC(C)C)cc(c1O)Cc1cc(CC(C)C)cc(c1O)C2. The Hall–Kier alpha value is -7.84. The maximum Gasteiger partial charge on any atom is 0.122 e. The Bertz CT molecular complexity index is 3100. The minimum atomic E-state index is 0.111. The molecular formula is C88H112O8. The van der Waals surface area contributed by atoms with E-state index in [1.54, 1.807) is 0 Å². The summed E-state index contributed by atoms with van der Waals surface area (Å²) in [6.07, 6.45) is 7.83. The monoisotopic (exact) mass is 1300 g/mol. The van der Waals surface area contributed by atoms with Crippen molar-refractivity contribution in [1.29, 1.82) is 0 Å². The molecule has 96 heavy (non-hydrogen) atoms. The first-order chi connectivity index (χ1) is 45.3. The van der Waals surface area contributed by atoms with Crippen LogP contribution in [0.1, 0.15) is 244 Å². The zero-order chi connectivity index (χ0) is 69.7. The average Bonchev–Trinajstić information content (AvgIpc) is 0.800. The van der Waals surface area contributed by atoms with Crippen LogP contribution in [0.15, 0.2) is 97.1 Å². The van der Waals surface area contributed by atoms with Crippen LogP contribution in [0.2, 0.25) is 0 Å². The number of phenolic OH excluding ortho intramolecular Hbond substituents is 8. The minimum Gasteiger partial charge on any atom is -0.507 e. The fraction of sp³-hybridized carbons (Fsp3) is 0.455. The molecule has 512 valence electrons. The summed E-state index contributed by atoms with van der Waals surface area (Å²) in [5.74, 6) is 3.28. The molecule has 9 rings (SSSR count). The zero-order valence-corrected chi connectivity index (χ0v) is 60.7. The van der Waals surface area contributed by atoms with Gasteiger partial charge in [0.2, 0.25) is 0 Å². The van der Waals surface area contributed by atoms with Crippen LogP contribution in [-0.2, 0) is 103 Å². The van der Waals surface area contributed by atoms with Crippen molar-refractivity contribution < 1.29 is 40.9 Å². The van der Waals surface area contributed by atoms with Crippen LogP contribution in [0.4, 0.5) is 0 Å². The lowest BCUT2D eigenvalue weighted by Crippen LogP contribution is -2.06. The van der Waals surface area contributed by atoms with Gasteiger partial charge in [-0.05, 0) is 232 Å². The van der Waals surface area contributed by atoms with Gasteiger partial charge in [0.15, 0.2) is 0 Å². The molecule has 0 saturated carbocycles. The molecule has 0 fully saturated rings. The summed E-state index contributed by atoms with van der Waals surface area (Å²) >= 11 is 0. The maximum atomic E-state index is 12.7. The lowest BCUT2D eigenvalue weighted by molar-refractivity contribution is 0.451. The van der Waals surface area contributed by atoms with E-state index in [1.807, 2.05) is 0 Å². The second-order valence-electron chi connectivity index (χ2n) is 32.3. The van der Waals surface area contributed by atoms with Gasteiger partial charge in [0.05, 0.1) is 0 Å². The number of phenols is 8. The molecule has 8 nitrogen and oxygen atoms in total. The number of benzene rings is 8. The predicted octanol–water partition coefficient (Wildman–Crippen LogP) is 20.0. The van der Waals surface area contributed by atoms with E-state index in [1.165, 1.54) is 0 Å². The summed E-state index contributed by atoms with van der Waals surface area (Å²) in [6.45, 7) is 34.9. The molecule has 0 aliphatic heterocycles. The van der Waals surface area contributed by atoms with Crippen LogP contribution in [0.25, 0.3) is 0 Å². The van der Waals surface area contributed by atoms with Gasteiger partial charge in [0.25, 0.3) is 0 Å². The second kappa shape index (κ2) is 31.1. The van der Waals surface area contributed by atoms with Crippen molar-refractivity contribution >= 4 is 0 Å². The molecule has 0 atom stereocenters. The Morgan fingerprint density at radius 2 is 0.240 bits per heavy atom. The van der Waals surface area contributed by atoms with Crippen LogP contribution in [0, 0.1) is 47.3 Å². The lowest BCUT2D eigenvalue weighted by atomic mass is 9.86. The third-order valence-corrected chi connectivity index (χ3v) is 18.8. The molecule has 0 unspecified atom stereocenters. The Balaban J connectivity index is 1.30. The normalized spacial score (nSPS) is 13.2. The van der Waals surface area contributed by atoms with Gasteiger partial charge < -0.3 is 40.9 Å². The number of fused-ring (bicyclic) bond motifs is 16. The van der Waals surface area contributed by atoms with E-state index in [0.29, 0.717) is 136 Å². The molecule has 8 aromatic rings. The molecule has 8 heteroatoms. The first-order valence-electron chi connectivity index (χ1n) is 36.0. The van der Waals surface area contributed by atoms with Crippen molar-refractivity contribution in [2.45, 2.75) is 214 Å². The van der Waals surface area contributed by atoms with Gasteiger partial charge in [0, 0.05) is 51.4 Å². The molecule has 8 N–H and O–H groups in total. The molecule has 0 saturated heterocycles. The van der Waals surface area contributed by atoms with Crippen LogP contribution in [0.5, 0.6) is 46.0 Å². The highest BCUT2D eigenvalue weighted by Crippen LogP contribution is 2.43. The molecule has 16 bridgehead atoms.